The molecule has 2 heterocycles. The third-order valence-corrected chi connectivity index (χ3v) is 3.68. The van der Waals surface area contributed by atoms with E-state index < -0.39 is 0 Å². The van der Waals surface area contributed by atoms with Crippen LogP contribution in [0.5, 0.6) is 0 Å². The first-order valence-electron chi connectivity index (χ1n) is 6.90. The van der Waals surface area contributed by atoms with E-state index in [-0.39, 0.29) is 0 Å². The van der Waals surface area contributed by atoms with Crippen LogP contribution in [0.1, 0.15) is 44.3 Å². The average Bonchev–Trinajstić information content (AvgIpc) is 2.69. The van der Waals surface area contributed by atoms with Gasteiger partial charge < -0.3 is 9.88 Å². The summed E-state index contributed by atoms with van der Waals surface area (Å²) in [5.74, 6) is 3.06. The maximum absolute atomic E-state index is 4.36. The molecule has 2 rings (SSSR count). The van der Waals surface area contributed by atoms with Crippen LogP contribution in [0.15, 0.2) is 0 Å². The van der Waals surface area contributed by atoms with Gasteiger partial charge in [-0.1, -0.05) is 13.3 Å². The van der Waals surface area contributed by atoms with Crippen molar-refractivity contribution >= 4 is 0 Å². The summed E-state index contributed by atoms with van der Waals surface area (Å²) in [5, 5.41) is 12.0. The lowest BCUT2D eigenvalue weighted by atomic mass is 9.94. The van der Waals surface area contributed by atoms with Crippen LogP contribution >= 0.6 is 0 Å². The molecule has 4 heteroatoms. The van der Waals surface area contributed by atoms with E-state index in [1.807, 2.05) is 0 Å². The van der Waals surface area contributed by atoms with Gasteiger partial charge in [0.05, 0.1) is 0 Å². The highest BCUT2D eigenvalue weighted by Gasteiger charge is 2.17. The predicted molar refractivity (Wildman–Crippen MR) is 69.0 cm³/mol. The van der Waals surface area contributed by atoms with Crippen LogP contribution in [0.2, 0.25) is 0 Å². The Morgan fingerprint density at radius 2 is 2.06 bits per heavy atom. The van der Waals surface area contributed by atoms with Gasteiger partial charge in [0, 0.05) is 13.0 Å². The predicted octanol–water partition coefficient (Wildman–Crippen LogP) is 1.93. The first kappa shape index (κ1) is 12.6. The Morgan fingerprint density at radius 1 is 1.29 bits per heavy atom. The smallest absolute Gasteiger partial charge is 0.133 e. The number of aryl methyl sites for hydroxylation is 1. The molecule has 4 nitrogen and oxygen atoms in total. The third kappa shape index (κ3) is 3.28. The minimum absolute atomic E-state index is 0.792. The fourth-order valence-electron chi connectivity index (χ4n) is 2.53. The van der Waals surface area contributed by atoms with Crippen molar-refractivity contribution in [2.45, 2.75) is 52.5 Å². The molecule has 0 radical (unpaired) electrons. The summed E-state index contributed by atoms with van der Waals surface area (Å²) < 4.78 is 2.31. The normalized spacial score (nSPS) is 17.5. The van der Waals surface area contributed by atoms with Crippen molar-refractivity contribution in [2.24, 2.45) is 5.92 Å². The van der Waals surface area contributed by atoms with Gasteiger partial charge in [-0.05, 0) is 45.2 Å². The fraction of sp³-hybridized carbons (Fsp3) is 0.846. The number of hydrogen-bond donors (Lipinski definition) is 1. The minimum atomic E-state index is 0.792. The quantitative estimate of drug-likeness (QED) is 0.849. The summed E-state index contributed by atoms with van der Waals surface area (Å²) in [6, 6.07) is 0. The molecule has 17 heavy (non-hydrogen) atoms. The molecule has 1 aromatic heterocycles. The zero-order chi connectivity index (χ0) is 12.1. The first-order chi connectivity index (χ1) is 8.31. The van der Waals surface area contributed by atoms with Crippen LogP contribution in [0.4, 0.5) is 0 Å². The van der Waals surface area contributed by atoms with Crippen molar-refractivity contribution in [2.75, 3.05) is 13.1 Å². The molecule has 0 saturated carbocycles. The van der Waals surface area contributed by atoms with Crippen LogP contribution in [0, 0.1) is 12.8 Å². The Labute approximate surface area is 104 Å². The molecular formula is C13H24N4. The third-order valence-electron chi connectivity index (χ3n) is 3.68. The van der Waals surface area contributed by atoms with Gasteiger partial charge in [0.15, 0.2) is 0 Å². The van der Waals surface area contributed by atoms with E-state index in [1.165, 1.54) is 31.5 Å². The molecule has 1 fully saturated rings. The maximum Gasteiger partial charge on any atom is 0.133 e. The Balaban J connectivity index is 1.98. The molecule has 0 unspecified atom stereocenters. The van der Waals surface area contributed by atoms with Gasteiger partial charge >= 0.3 is 0 Å². The first-order valence-corrected chi connectivity index (χ1v) is 6.90. The average molecular weight is 236 g/mol. The Morgan fingerprint density at radius 3 is 2.76 bits per heavy atom. The standard InChI is InChI=1S/C13H24N4/c1-3-4-9-17-11(2)15-16-13(17)10-12-5-7-14-8-6-12/h12,14H,3-10H2,1-2H3. The zero-order valence-corrected chi connectivity index (χ0v) is 11.1. The number of unbranched alkanes of at least 4 members (excludes halogenated alkanes) is 1. The summed E-state index contributed by atoms with van der Waals surface area (Å²) in [4.78, 5) is 0. The molecule has 1 aromatic rings. The van der Waals surface area contributed by atoms with Gasteiger partial charge in [-0.2, -0.15) is 0 Å². The van der Waals surface area contributed by atoms with Crippen LogP contribution in [0.25, 0.3) is 0 Å². The molecule has 1 N–H and O–H groups in total. The van der Waals surface area contributed by atoms with E-state index >= 15 is 0 Å². The highest BCUT2D eigenvalue weighted by atomic mass is 15.3. The minimum Gasteiger partial charge on any atom is -0.317 e. The maximum atomic E-state index is 4.36. The Hall–Kier alpha value is -0.900. The topological polar surface area (TPSA) is 42.7 Å². The van der Waals surface area contributed by atoms with Gasteiger partial charge in [0.1, 0.15) is 11.6 Å². The van der Waals surface area contributed by atoms with E-state index in [9.17, 15) is 0 Å². The van der Waals surface area contributed by atoms with E-state index in [0.29, 0.717) is 0 Å². The van der Waals surface area contributed by atoms with Gasteiger partial charge in [0.25, 0.3) is 0 Å². The highest BCUT2D eigenvalue weighted by Crippen LogP contribution is 2.17. The molecule has 0 aromatic carbocycles. The van der Waals surface area contributed by atoms with Crippen molar-refractivity contribution < 1.29 is 0 Å². The molecule has 1 aliphatic rings. The number of nitrogens with zero attached hydrogens (tertiary/aromatic N) is 3. The zero-order valence-electron chi connectivity index (χ0n) is 11.1. The van der Waals surface area contributed by atoms with E-state index in [4.69, 9.17) is 0 Å². The van der Waals surface area contributed by atoms with Crippen LogP contribution in [0.3, 0.4) is 0 Å². The molecule has 0 spiro atoms. The van der Waals surface area contributed by atoms with Crippen LogP contribution in [-0.4, -0.2) is 27.9 Å². The molecule has 1 aliphatic heterocycles. The summed E-state index contributed by atoms with van der Waals surface area (Å²) in [6.45, 7) is 7.69. The van der Waals surface area contributed by atoms with E-state index in [2.05, 4.69) is 33.9 Å². The van der Waals surface area contributed by atoms with Gasteiger partial charge in [0.2, 0.25) is 0 Å². The largest absolute Gasteiger partial charge is 0.317 e. The molecule has 1 saturated heterocycles. The van der Waals surface area contributed by atoms with Gasteiger partial charge in [-0.15, -0.1) is 10.2 Å². The monoisotopic (exact) mass is 236 g/mol. The van der Waals surface area contributed by atoms with Crippen LogP contribution < -0.4 is 5.32 Å². The molecule has 0 bridgehead atoms. The second kappa shape index (κ2) is 6.15. The van der Waals surface area contributed by atoms with Crippen molar-refractivity contribution in [3.05, 3.63) is 11.6 Å². The summed E-state index contributed by atoms with van der Waals surface area (Å²) in [7, 11) is 0. The summed E-state index contributed by atoms with van der Waals surface area (Å²) >= 11 is 0. The number of rotatable bonds is 5. The molecule has 0 atom stereocenters. The number of nitrogens with one attached hydrogen (secondary N) is 1. The lowest BCUT2D eigenvalue weighted by Crippen LogP contribution is -2.29. The van der Waals surface area contributed by atoms with Crippen molar-refractivity contribution in [1.82, 2.24) is 20.1 Å². The van der Waals surface area contributed by atoms with E-state index in [1.54, 1.807) is 0 Å². The lowest BCUT2D eigenvalue weighted by Gasteiger charge is -2.22. The second-order valence-corrected chi connectivity index (χ2v) is 5.07. The van der Waals surface area contributed by atoms with Crippen molar-refractivity contribution in [1.29, 1.82) is 0 Å². The lowest BCUT2D eigenvalue weighted by molar-refractivity contribution is 0.361. The van der Waals surface area contributed by atoms with Gasteiger partial charge in [-0.25, -0.2) is 0 Å². The number of piperidine rings is 1. The highest BCUT2D eigenvalue weighted by molar-refractivity contribution is 4.96. The summed E-state index contributed by atoms with van der Waals surface area (Å²) in [6.07, 6.45) is 6.11. The second-order valence-electron chi connectivity index (χ2n) is 5.07. The van der Waals surface area contributed by atoms with Crippen molar-refractivity contribution in [3.63, 3.8) is 0 Å². The number of hydrogen-bond acceptors (Lipinski definition) is 3. The molecule has 96 valence electrons. The Kier molecular flexibility index (Phi) is 4.54. The molecule has 0 amide bonds. The molecule has 0 aliphatic carbocycles. The van der Waals surface area contributed by atoms with Gasteiger partial charge in [-0.3, -0.25) is 0 Å². The van der Waals surface area contributed by atoms with Crippen LogP contribution in [-0.2, 0) is 13.0 Å². The Bertz CT molecular complexity index is 339. The van der Waals surface area contributed by atoms with E-state index in [0.717, 1.165) is 37.8 Å². The summed E-state index contributed by atoms with van der Waals surface area (Å²) in [5.41, 5.74) is 0. The van der Waals surface area contributed by atoms with Crippen molar-refractivity contribution in [3.8, 4) is 0 Å². The SMILES string of the molecule is CCCCn1c(C)nnc1CC1CCNCC1. The molecular weight excluding hydrogens is 212 g/mol. The fourth-order valence-corrected chi connectivity index (χ4v) is 2.53. The number of aromatic nitrogens is 3.